The summed E-state index contributed by atoms with van der Waals surface area (Å²) in [5.74, 6) is -2.05. The highest BCUT2D eigenvalue weighted by molar-refractivity contribution is 7.85. The van der Waals surface area contributed by atoms with Gasteiger partial charge in [-0.1, -0.05) is 127 Å². The molecule has 12 nitrogen and oxygen atoms in total. The van der Waals surface area contributed by atoms with E-state index in [9.17, 15) is 37.9 Å². The Hall–Kier alpha value is -2.39. The molecule has 1 fully saturated rings. The van der Waals surface area contributed by atoms with E-state index in [1.54, 1.807) is 0 Å². The number of allylic oxidation sites excluding steroid dienone is 8. The zero-order valence-electron chi connectivity index (χ0n) is 35.6. The van der Waals surface area contributed by atoms with Crippen molar-refractivity contribution in [1.29, 1.82) is 0 Å². The molecule has 2 unspecified atom stereocenters. The van der Waals surface area contributed by atoms with Gasteiger partial charge in [0, 0.05) is 12.8 Å². The molecule has 58 heavy (non-hydrogen) atoms. The molecule has 4 N–H and O–H groups in total. The summed E-state index contributed by atoms with van der Waals surface area (Å²) in [5.41, 5.74) is 0. The summed E-state index contributed by atoms with van der Waals surface area (Å²) in [5, 5.41) is 30.8. The van der Waals surface area contributed by atoms with Crippen LogP contribution < -0.4 is 0 Å². The Morgan fingerprint density at radius 1 is 0.586 bits per heavy atom. The highest BCUT2D eigenvalue weighted by Gasteiger charge is 2.46. The largest absolute Gasteiger partial charge is 0.462 e. The molecule has 0 aromatic heterocycles. The number of rotatable bonds is 36. The maximum Gasteiger partial charge on any atom is 0.306 e. The molecule has 0 radical (unpaired) electrons. The first-order valence-corrected chi connectivity index (χ1v) is 23.8. The molecule has 1 heterocycles. The Bertz CT molecular complexity index is 1260. The van der Waals surface area contributed by atoms with Gasteiger partial charge in [0.1, 0.15) is 36.8 Å². The predicted octanol–water partition coefficient (Wildman–Crippen LogP) is 8.78. The van der Waals surface area contributed by atoms with Crippen molar-refractivity contribution in [2.75, 3.05) is 19.0 Å². The summed E-state index contributed by atoms with van der Waals surface area (Å²) in [7, 11) is -4.61. The minimum Gasteiger partial charge on any atom is -0.462 e. The predicted molar refractivity (Wildman–Crippen MR) is 229 cm³/mol. The van der Waals surface area contributed by atoms with Gasteiger partial charge < -0.3 is 34.3 Å². The van der Waals surface area contributed by atoms with Crippen molar-refractivity contribution in [3.05, 3.63) is 48.6 Å². The first-order valence-electron chi connectivity index (χ1n) is 22.2. The van der Waals surface area contributed by atoms with E-state index in [-0.39, 0.29) is 19.4 Å². The molecular formula is C45H78O12S. The van der Waals surface area contributed by atoms with Gasteiger partial charge >= 0.3 is 11.9 Å². The van der Waals surface area contributed by atoms with Gasteiger partial charge in [0.05, 0.1) is 6.61 Å². The summed E-state index contributed by atoms with van der Waals surface area (Å²) < 4.78 is 54.0. The second kappa shape index (κ2) is 35.4. The third kappa shape index (κ3) is 29.8. The SMILES string of the molecule is CCCCC/C=C/C/C=C/C/C=C/CCCCC(=O)OC[C@H](CO[C@H]1O[C@H](CS(=O)(=O)O)[C@@H](O)C(O)C1O)OC(=O)CCCCCCC/C=C/CCCCCCCC. The fraction of sp³-hybridized carbons (Fsp3) is 0.778. The molecule has 0 aromatic rings. The van der Waals surface area contributed by atoms with Gasteiger partial charge in [-0.2, -0.15) is 8.42 Å². The van der Waals surface area contributed by atoms with E-state index in [1.165, 1.54) is 57.8 Å². The topological polar surface area (TPSA) is 186 Å². The molecule has 6 atom stereocenters. The molecule has 336 valence electrons. The fourth-order valence-corrected chi connectivity index (χ4v) is 7.07. The van der Waals surface area contributed by atoms with Crippen LogP contribution in [0.15, 0.2) is 48.6 Å². The van der Waals surface area contributed by atoms with Crippen LogP contribution >= 0.6 is 0 Å². The zero-order chi connectivity index (χ0) is 42.7. The number of hydrogen-bond acceptors (Lipinski definition) is 11. The second-order valence-corrected chi connectivity index (χ2v) is 16.9. The van der Waals surface area contributed by atoms with E-state index in [4.69, 9.17) is 18.9 Å². The van der Waals surface area contributed by atoms with Crippen molar-refractivity contribution in [3.8, 4) is 0 Å². The maximum absolute atomic E-state index is 12.8. The lowest BCUT2D eigenvalue weighted by Crippen LogP contribution is -2.60. The molecule has 1 aliphatic heterocycles. The first kappa shape index (κ1) is 53.6. The Morgan fingerprint density at radius 2 is 1.03 bits per heavy atom. The number of aliphatic hydroxyl groups is 3. The van der Waals surface area contributed by atoms with E-state index < -0.39 is 71.2 Å². The molecule has 0 amide bonds. The van der Waals surface area contributed by atoms with Crippen LogP contribution in [-0.4, -0.2) is 96.0 Å². The van der Waals surface area contributed by atoms with Crippen molar-refractivity contribution in [1.82, 2.24) is 0 Å². The molecule has 1 rings (SSSR count). The number of carbonyl (C=O) groups is 2. The minimum atomic E-state index is -4.61. The smallest absolute Gasteiger partial charge is 0.306 e. The summed E-state index contributed by atoms with van der Waals surface area (Å²) in [6.07, 6.45) is 31.6. The van der Waals surface area contributed by atoms with Crippen molar-refractivity contribution < 1.29 is 56.8 Å². The zero-order valence-corrected chi connectivity index (χ0v) is 36.5. The molecule has 0 bridgehead atoms. The standard InChI is InChI=1S/C45H78O12S/c1-3-5-7-9-11-13-15-17-19-21-23-25-27-29-31-33-40(46)54-35-38(36-55-45-44(50)43(49)42(48)39(57-45)37-58(51,52)53)56-41(47)34-32-30-28-26-24-22-20-18-16-14-12-10-8-6-4-2/h11,13,17-20,23,25,38-39,42-45,48-50H,3-10,12,14-16,21-22,24,26-37H2,1-2H3,(H,51,52,53)/b13-11+,19-17+,20-18+,25-23+/t38-,39-,42-,43?,44?,45+/m1/s1. The number of aliphatic hydroxyl groups excluding tert-OH is 3. The Labute approximate surface area is 350 Å². The number of unbranched alkanes of at least 4 members (excludes halogenated alkanes) is 16. The van der Waals surface area contributed by atoms with E-state index in [0.717, 1.165) is 70.6 Å². The van der Waals surface area contributed by atoms with E-state index in [1.807, 2.05) is 0 Å². The van der Waals surface area contributed by atoms with E-state index in [0.29, 0.717) is 12.8 Å². The van der Waals surface area contributed by atoms with Crippen molar-refractivity contribution in [3.63, 3.8) is 0 Å². The first-order chi connectivity index (χ1) is 28.0. The molecule has 13 heteroatoms. The highest BCUT2D eigenvalue weighted by atomic mass is 32.2. The van der Waals surface area contributed by atoms with Crippen LogP contribution in [0.5, 0.6) is 0 Å². The Morgan fingerprint density at radius 3 is 1.62 bits per heavy atom. The Kier molecular flexibility index (Phi) is 32.7. The lowest BCUT2D eigenvalue weighted by molar-refractivity contribution is -0.297. The van der Waals surface area contributed by atoms with Gasteiger partial charge in [0.15, 0.2) is 12.4 Å². The normalized spacial score (nSPS) is 20.8. The van der Waals surface area contributed by atoms with Gasteiger partial charge in [0.25, 0.3) is 10.1 Å². The molecular weight excluding hydrogens is 765 g/mol. The molecule has 1 aliphatic rings. The van der Waals surface area contributed by atoms with Gasteiger partial charge in [0.2, 0.25) is 0 Å². The highest BCUT2D eigenvalue weighted by Crippen LogP contribution is 2.24. The van der Waals surface area contributed by atoms with E-state index in [2.05, 4.69) is 62.5 Å². The summed E-state index contributed by atoms with van der Waals surface area (Å²) >= 11 is 0. The third-order valence-electron chi connectivity index (χ3n) is 9.88. The number of hydrogen-bond donors (Lipinski definition) is 4. The molecule has 0 spiro atoms. The van der Waals surface area contributed by atoms with Crippen LogP contribution in [0.25, 0.3) is 0 Å². The molecule has 0 saturated carbocycles. The van der Waals surface area contributed by atoms with Crippen LogP contribution in [0.2, 0.25) is 0 Å². The summed E-state index contributed by atoms with van der Waals surface area (Å²) in [6, 6.07) is 0. The van der Waals surface area contributed by atoms with E-state index >= 15 is 0 Å². The van der Waals surface area contributed by atoms with Crippen molar-refractivity contribution in [2.24, 2.45) is 0 Å². The average molecular weight is 843 g/mol. The molecule has 1 saturated heterocycles. The van der Waals surface area contributed by atoms with Gasteiger partial charge in [-0.05, 0) is 77.0 Å². The Balaban J connectivity index is 2.50. The fourth-order valence-electron chi connectivity index (χ4n) is 6.38. The minimum absolute atomic E-state index is 0.145. The van der Waals surface area contributed by atoms with Crippen LogP contribution in [0, 0.1) is 0 Å². The number of ether oxygens (including phenoxy) is 4. The second-order valence-electron chi connectivity index (χ2n) is 15.4. The third-order valence-corrected chi connectivity index (χ3v) is 10.6. The average Bonchev–Trinajstić information content (AvgIpc) is 3.18. The number of carbonyl (C=O) groups excluding carboxylic acids is 2. The lowest BCUT2D eigenvalue weighted by Gasteiger charge is -2.40. The van der Waals surface area contributed by atoms with Crippen LogP contribution in [0.1, 0.15) is 168 Å². The van der Waals surface area contributed by atoms with Gasteiger partial charge in [-0.15, -0.1) is 0 Å². The van der Waals surface area contributed by atoms with Crippen LogP contribution in [0.4, 0.5) is 0 Å². The van der Waals surface area contributed by atoms with Gasteiger partial charge in [-0.25, -0.2) is 0 Å². The summed E-state index contributed by atoms with van der Waals surface area (Å²) in [6.45, 7) is 3.67. The van der Waals surface area contributed by atoms with Gasteiger partial charge in [-0.3, -0.25) is 14.1 Å². The van der Waals surface area contributed by atoms with Crippen molar-refractivity contribution in [2.45, 2.75) is 205 Å². The molecule has 0 aliphatic carbocycles. The molecule has 0 aromatic carbocycles. The summed E-state index contributed by atoms with van der Waals surface area (Å²) in [4.78, 5) is 25.4. The monoisotopic (exact) mass is 843 g/mol. The van der Waals surface area contributed by atoms with Crippen LogP contribution in [0.3, 0.4) is 0 Å². The maximum atomic E-state index is 12.8. The van der Waals surface area contributed by atoms with Crippen LogP contribution in [-0.2, 0) is 38.7 Å². The number of esters is 2. The quantitative estimate of drug-likeness (QED) is 0.0204. The van der Waals surface area contributed by atoms with Crippen molar-refractivity contribution >= 4 is 22.1 Å². The lowest BCUT2D eigenvalue weighted by atomic mass is 10.00.